The van der Waals surface area contributed by atoms with E-state index in [2.05, 4.69) is 10.3 Å². The number of anilines is 2. The molecule has 1 aromatic heterocycles. The van der Waals surface area contributed by atoms with E-state index in [1.54, 1.807) is 12.3 Å². The number of nitrogens with zero attached hydrogens (tertiary/aromatic N) is 1. The van der Waals surface area contributed by atoms with Crippen LogP contribution in [0.15, 0.2) is 18.3 Å². The molecular formula is C11H17N3O. The molecule has 0 aliphatic heterocycles. The Labute approximate surface area is 89.5 Å². The molecule has 1 aliphatic rings. The number of nitrogens with two attached hydrogens (primary N) is 1. The normalized spacial score (nSPS) is 28.2. The van der Waals surface area contributed by atoms with Crippen molar-refractivity contribution in [2.75, 3.05) is 11.1 Å². The lowest BCUT2D eigenvalue weighted by atomic mass is 9.64. The van der Waals surface area contributed by atoms with Crippen LogP contribution in [0, 0.1) is 5.41 Å². The summed E-state index contributed by atoms with van der Waals surface area (Å²) in [4.78, 5) is 4.17. The lowest BCUT2D eigenvalue weighted by Crippen LogP contribution is -2.57. The average molecular weight is 207 g/mol. The summed E-state index contributed by atoms with van der Waals surface area (Å²) >= 11 is 0. The van der Waals surface area contributed by atoms with Crippen LogP contribution >= 0.6 is 0 Å². The third-order valence-corrected chi connectivity index (χ3v) is 3.37. The van der Waals surface area contributed by atoms with Crippen molar-refractivity contribution in [3.05, 3.63) is 18.3 Å². The van der Waals surface area contributed by atoms with Crippen molar-refractivity contribution in [1.82, 2.24) is 4.98 Å². The molecule has 1 fully saturated rings. The Bertz CT molecular complexity index is 365. The van der Waals surface area contributed by atoms with Crippen LogP contribution in [0.5, 0.6) is 0 Å². The Morgan fingerprint density at radius 3 is 2.87 bits per heavy atom. The molecule has 4 nitrogen and oxygen atoms in total. The zero-order valence-electron chi connectivity index (χ0n) is 9.07. The summed E-state index contributed by atoms with van der Waals surface area (Å²) in [6, 6.07) is 3.86. The molecular weight excluding hydrogens is 190 g/mol. The van der Waals surface area contributed by atoms with Crippen molar-refractivity contribution < 1.29 is 5.11 Å². The molecule has 0 spiro atoms. The van der Waals surface area contributed by atoms with Gasteiger partial charge in [-0.25, -0.2) is 4.98 Å². The minimum absolute atomic E-state index is 0.107. The van der Waals surface area contributed by atoms with Crippen LogP contribution < -0.4 is 11.1 Å². The van der Waals surface area contributed by atoms with Gasteiger partial charge >= 0.3 is 0 Å². The van der Waals surface area contributed by atoms with Gasteiger partial charge in [0.1, 0.15) is 5.82 Å². The van der Waals surface area contributed by atoms with Gasteiger partial charge in [0.05, 0.1) is 11.8 Å². The van der Waals surface area contributed by atoms with E-state index in [9.17, 15) is 5.11 Å². The lowest BCUT2D eigenvalue weighted by Gasteiger charge is -2.49. The Morgan fingerprint density at radius 2 is 2.33 bits per heavy atom. The molecule has 1 heterocycles. The highest BCUT2D eigenvalue weighted by molar-refractivity contribution is 5.61. The molecule has 0 aromatic carbocycles. The second kappa shape index (κ2) is 3.38. The van der Waals surface area contributed by atoms with Gasteiger partial charge < -0.3 is 16.2 Å². The number of aliphatic hydroxyl groups is 1. The molecule has 0 radical (unpaired) electrons. The van der Waals surface area contributed by atoms with Crippen molar-refractivity contribution in [2.24, 2.45) is 5.41 Å². The molecule has 82 valence electrons. The van der Waals surface area contributed by atoms with E-state index in [1.807, 2.05) is 19.9 Å². The summed E-state index contributed by atoms with van der Waals surface area (Å²) in [7, 11) is 0. The Hall–Kier alpha value is -1.29. The monoisotopic (exact) mass is 207 g/mol. The minimum Gasteiger partial charge on any atom is -0.396 e. The van der Waals surface area contributed by atoms with Crippen LogP contribution in [0.2, 0.25) is 0 Å². The van der Waals surface area contributed by atoms with Crippen molar-refractivity contribution in [1.29, 1.82) is 0 Å². The van der Waals surface area contributed by atoms with Gasteiger partial charge in [0, 0.05) is 17.7 Å². The second-order valence-corrected chi connectivity index (χ2v) is 4.71. The fourth-order valence-electron chi connectivity index (χ4n) is 1.85. The summed E-state index contributed by atoms with van der Waals surface area (Å²) in [5, 5.41) is 12.9. The molecule has 15 heavy (non-hydrogen) atoms. The van der Waals surface area contributed by atoms with Gasteiger partial charge in [0.25, 0.3) is 0 Å². The number of rotatable bonds is 2. The van der Waals surface area contributed by atoms with Gasteiger partial charge in [-0.1, -0.05) is 13.8 Å². The van der Waals surface area contributed by atoms with E-state index in [1.165, 1.54) is 0 Å². The first-order valence-electron chi connectivity index (χ1n) is 5.17. The third-order valence-electron chi connectivity index (χ3n) is 3.37. The quantitative estimate of drug-likeness (QED) is 0.682. The summed E-state index contributed by atoms with van der Waals surface area (Å²) in [5.74, 6) is 0.711. The highest BCUT2D eigenvalue weighted by atomic mass is 16.3. The molecule has 1 saturated carbocycles. The predicted molar refractivity (Wildman–Crippen MR) is 60.5 cm³/mol. The number of aromatic nitrogens is 1. The van der Waals surface area contributed by atoms with Gasteiger partial charge in [-0.3, -0.25) is 0 Å². The van der Waals surface area contributed by atoms with E-state index in [4.69, 9.17) is 5.73 Å². The molecule has 4 N–H and O–H groups in total. The molecule has 2 rings (SSSR count). The summed E-state index contributed by atoms with van der Waals surface area (Å²) in [6.45, 7) is 4.08. The van der Waals surface area contributed by atoms with Gasteiger partial charge in [-0.15, -0.1) is 0 Å². The highest BCUT2D eigenvalue weighted by Crippen LogP contribution is 2.42. The van der Waals surface area contributed by atoms with Crippen molar-refractivity contribution in [3.8, 4) is 0 Å². The third kappa shape index (κ3) is 1.65. The largest absolute Gasteiger partial charge is 0.396 e. The molecule has 2 unspecified atom stereocenters. The van der Waals surface area contributed by atoms with Crippen LogP contribution in [-0.4, -0.2) is 22.2 Å². The van der Waals surface area contributed by atoms with Crippen LogP contribution in [0.3, 0.4) is 0 Å². The number of nitrogen functional groups attached to an aromatic ring is 1. The summed E-state index contributed by atoms with van der Waals surface area (Å²) in [6.07, 6.45) is 2.23. The van der Waals surface area contributed by atoms with E-state index in [0.717, 1.165) is 6.42 Å². The maximum atomic E-state index is 9.60. The number of aliphatic hydroxyl groups excluding tert-OH is 1. The van der Waals surface area contributed by atoms with Crippen LogP contribution in [0.25, 0.3) is 0 Å². The Morgan fingerprint density at radius 1 is 1.60 bits per heavy atom. The summed E-state index contributed by atoms with van der Waals surface area (Å²) < 4.78 is 0. The first-order chi connectivity index (χ1) is 7.01. The zero-order valence-corrected chi connectivity index (χ0v) is 9.07. The first-order valence-corrected chi connectivity index (χ1v) is 5.17. The molecule has 0 saturated heterocycles. The fourth-order valence-corrected chi connectivity index (χ4v) is 1.85. The average Bonchev–Trinajstić information content (AvgIpc) is 2.20. The number of nitrogens with one attached hydrogen (secondary N) is 1. The standard InChI is InChI=1S/C11H17N3O/c1-11(2)8(6-9(11)15)14-10-7(12)4-3-5-13-10/h3-5,8-9,15H,6,12H2,1-2H3,(H,13,14). The van der Waals surface area contributed by atoms with Gasteiger partial charge in [-0.2, -0.15) is 0 Å². The second-order valence-electron chi connectivity index (χ2n) is 4.71. The smallest absolute Gasteiger partial charge is 0.149 e. The Balaban J connectivity index is 2.08. The number of hydrogen-bond acceptors (Lipinski definition) is 4. The van der Waals surface area contributed by atoms with E-state index in [0.29, 0.717) is 11.5 Å². The van der Waals surface area contributed by atoms with E-state index < -0.39 is 0 Å². The zero-order chi connectivity index (χ0) is 11.1. The molecule has 0 bridgehead atoms. The lowest BCUT2D eigenvalue weighted by molar-refractivity contribution is -0.0511. The van der Waals surface area contributed by atoms with Crippen molar-refractivity contribution in [2.45, 2.75) is 32.4 Å². The maximum absolute atomic E-state index is 9.60. The molecule has 1 aliphatic carbocycles. The van der Waals surface area contributed by atoms with Crippen LogP contribution in [0.1, 0.15) is 20.3 Å². The number of hydrogen-bond donors (Lipinski definition) is 3. The Kier molecular flexibility index (Phi) is 2.31. The van der Waals surface area contributed by atoms with Crippen LogP contribution in [-0.2, 0) is 0 Å². The summed E-state index contributed by atoms with van der Waals surface area (Å²) in [5.41, 5.74) is 6.32. The topological polar surface area (TPSA) is 71.2 Å². The van der Waals surface area contributed by atoms with Gasteiger partial charge in [-0.05, 0) is 18.6 Å². The minimum atomic E-state index is -0.236. The number of pyridine rings is 1. The van der Waals surface area contributed by atoms with Gasteiger partial charge in [0.15, 0.2) is 0 Å². The van der Waals surface area contributed by atoms with E-state index >= 15 is 0 Å². The molecule has 4 heteroatoms. The van der Waals surface area contributed by atoms with Crippen molar-refractivity contribution >= 4 is 11.5 Å². The van der Waals surface area contributed by atoms with Gasteiger partial charge in [0.2, 0.25) is 0 Å². The van der Waals surface area contributed by atoms with Crippen molar-refractivity contribution in [3.63, 3.8) is 0 Å². The fraction of sp³-hybridized carbons (Fsp3) is 0.545. The first kappa shape index (κ1) is 10.2. The highest BCUT2D eigenvalue weighted by Gasteiger charge is 2.47. The van der Waals surface area contributed by atoms with Crippen LogP contribution in [0.4, 0.5) is 11.5 Å². The molecule has 1 aromatic rings. The molecule has 0 amide bonds. The SMILES string of the molecule is CC1(C)C(O)CC1Nc1ncccc1N. The van der Waals surface area contributed by atoms with E-state index in [-0.39, 0.29) is 17.6 Å². The maximum Gasteiger partial charge on any atom is 0.149 e. The predicted octanol–water partition coefficient (Wildman–Crippen LogP) is 1.24. The molecule has 2 atom stereocenters.